The van der Waals surface area contributed by atoms with Gasteiger partial charge in [0.25, 0.3) is 5.91 Å². The second kappa shape index (κ2) is 6.01. The number of carbonyl (C=O) groups is 2. The van der Waals surface area contributed by atoms with Crippen molar-refractivity contribution >= 4 is 11.9 Å². The summed E-state index contributed by atoms with van der Waals surface area (Å²) in [7, 11) is 0. The number of oxazole rings is 1. The Bertz CT molecular complexity index is 664. The second-order valence-electron chi connectivity index (χ2n) is 5.37. The van der Waals surface area contributed by atoms with Crippen LogP contribution in [0.5, 0.6) is 0 Å². The Hall–Kier alpha value is -2.63. The molecule has 1 saturated heterocycles. The molecule has 22 heavy (non-hydrogen) atoms. The molecule has 0 unspecified atom stereocenters. The lowest BCUT2D eigenvalue weighted by atomic mass is 9.97. The van der Waals surface area contributed by atoms with Crippen LogP contribution in [0.3, 0.4) is 0 Å². The number of carboxylic acids is 1. The standard InChI is InChI=1S/C16H16N2O4/c19-15(18-7-1-2-13(9-18)16(20)21)12-5-3-11(4-6-12)14-8-17-10-22-14/h3-6,8,10,13H,1-2,7,9H2,(H,20,21)/t13-/m0/s1. The maximum Gasteiger partial charge on any atom is 0.308 e. The summed E-state index contributed by atoms with van der Waals surface area (Å²) in [6.07, 6.45) is 4.31. The van der Waals surface area contributed by atoms with Gasteiger partial charge in [-0.2, -0.15) is 0 Å². The summed E-state index contributed by atoms with van der Waals surface area (Å²) >= 11 is 0. The molecule has 114 valence electrons. The van der Waals surface area contributed by atoms with Crippen molar-refractivity contribution < 1.29 is 19.1 Å². The second-order valence-corrected chi connectivity index (χ2v) is 5.37. The number of hydrogen-bond donors (Lipinski definition) is 1. The lowest BCUT2D eigenvalue weighted by Gasteiger charge is -2.30. The molecule has 6 heteroatoms. The highest BCUT2D eigenvalue weighted by atomic mass is 16.4. The number of hydrogen-bond acceptors (Lipinski definition) is 4. The number of amides is 1. The van der Waals surface area contributed by atoms with Crippen molar-refractivity contribution in [2.45, 2.75) is 12.8 Å². The number of likely N-dealkylation sites (tertiary alicyclic amines) is 1. The first-order chi connectivity index (χ1) is 10.6. The van der Waals surface area contributed by atoms with Crippen molar-refractivity contribution in [1.82, 2.24) is 9.88 Å². The molecular weight excluding hydrogens is 284 g/mol. The molecule has 1 atom stereocenters. The summed E-state index contributed by atoms with van der Waals surface area (Å²) in [5.41, 5.74) is 1.39. The average Bonchev–Trinajstić information content (AvgIpc) is 3.09. The van der Waals surface area contributed by atoms with E-state index in [0.29, 0.717) is 24.3 Å². The number of benzene rings is 1. The van der Waals surface area contributed by atoms with E-state index in [1.54, 1.807) is 35.4 Å². The zero-order valence-electron chi connectivity index (χ0n) is 11.9. The Balaban J connectivity index is 1.73. The number of aliphatic carboxylic acids is 1. The molecule has 0 radical (unpaired) electrons. The SMILES string of the molecule is O=C(O)[C@H]1CCCN(C(=O)c2ccc(-c3cnco3)cc2)C1. The van der Waals surface area contributed by atoms with Gasteiger partial charge in [0.05, 0.1) is 12.1 Å². The van der Waals surface area contributed by atoms with Crippen LogP contribution in [0.4, 0.5) is 0 Å². The van der Waals surface area contributed by atoms with Crippen molar-refractivity contribution in [3.8, 4) is 11.3 Å². The first kappa shape index (κ1) is 14.3. The van der Waals surface area contributed by atoms with E-state index in [0.717, 1.165) is 12.0 Å². The Morgan fingerprint density at radius 1 is 1.27 bits per heavy atom. The molecule has 1 aliphatic rings. The monoisotopic (exact) mass is 300 g/mol. The topological polar surface area (TPSA) is 83.6 Å². The molecule has 1 fully saturated rings. The maximum absolute atomic E-state index is 12.5. The summed E-state index contributed by atoms with van der Waals surface area (Å²) in [6.45, 7) is 0.879. The van der Waals surface area contributed by atoms with Crippen LogP contribution in [-0.2, 0) is 4.79 Å². The Morgan fingerprint density at radius 2 is 2.05 bits per heavy atom. The van der Waals surface area contributed by atoms with E-state index in [1.165, 1.54) is 6.39 Å². The lowest BCUT2D eigenvalue weighted by Crippen LogP contribution is -2.42. The van der Waals surface area contributed by atoms with Crippen molar-refractivity contribution in [2.75, 3.05) is 13.1 Å². The molecule has 1 aromatic carbocycles. The van der Waals surface area contributed by atoms with Gasteiger partial charge in [-0.15, -0.1) is 0 Å². The fourth-order valence-corrected chi connectivity index (χ4v) is 2.68. The minimum atomic E-state index is -0.835. The van der Waals surface area contributed by atoms with E-state index in [9.17, 15) is 9.59 Å². The maximum atomic E-state index is 12.5. The van der Waals surface area contributed by atoms with E-state index < -0.39 is 11.9 Å². The molecule has 0 saturated carbocycles. The van der Waals surface area contributed by atoms with Crippen LogP contribution < -0.4 is 0 Å². The van der Waals surface area contributed by atoms with Gasteiger partial charge < -0.3 is 14.4 Å². The van der Waals surface area contributed by atoms with Crippen LogP contribution >= 0.6 is 0 Å². The molecule has 2 aromatic rings. The van der Waals surface area contributed by atoms with Gasteiger partial charge >= 0.3 is 5.97 Å². The highest BCUT2D eigenvalue weighted by Gasteiger charge is 2.28. The van der Waals surface area contributed by atoms with Crippen molar-refractivity contribution in [3.63, 3.8) is 0 Å². The number of nitrogens with zero attached hydrogens (tertiary/aromatic N) is 2. The predicted molar refractivity (Wildman–Crippen MR) is 78.2 cm³/mol. The Kier molecular flexibility index (Phi) is 3.91. The quantitative estimate of drug-likeness (QED) is 0.940. The van der Waals surface area contributed by atoms with Gasteiger partial charge in [0.15, 0.2) is 12.2 Å². The molecule has 1 aromatic heterocycles. The third-order valence-electron chi connectivity index (χ3n) is 3.91. The number of aromatic nitrogens is 1. The number of carboxylic acid groups (broad SMARTS) is 1. The van der Waals surface area contributed by atoms with E-state index >= 15 is 0 Å². The predicted octanol–water partition coefficient (Wildman–Crippen LogP) is 2.28. The molecule has 1 amide bonds. The Morgan fingerprint density at radius 3 is 2.68 bits per heavy atom. The van der Waals surface area contributed by atoms with E-state index in [-0.39, 0.29) is 12.5 Å². The van der Waals surface area contributed by atoms with Crippen molar-refractivity contribution in [3.05, 3.63) is 42.4 Å². The zero-order valence-corrected chi connectivity index (χ0v) is 11.9. The van der Waals surface area contributed by atoms with Gasteiger partial charge in [0.1, 0.15) is 0 Å². The fraction of sp³-hybridized carbons (Fsp3) is 0.312. The summed E-state index contributed by atoms with van der Waals surface area (Å²) in [6, 6.07) is 7.05. The van der Waals surface area contributed by atoms with Crippen LogP contribution in [0.2, 0.25) is 0 Å². The van der Waals surface area contributed by atoms with Crippen LogP contribution in [0.25, 0.3) is 11.3 Å². The number of rotatable bonds is 3. The molecule has 0 aliphatic carbocycles. The smallest absolute Gasteiger partial charge is 0.308 e. The molecule has 6 nitrogen and oxygen atoms in total. The van der Waals surface area contributed by atoms with Gasteiger partial charge in [-0.3, -0.25) is 9.59 Å². The minimum Gasteiger partial charge on any atom is -0.481 e. The largest absolute Gasteiger partial charge is 0.481 e. The van der Waals surface area contributed by atoms with Crippen molar-refractivity contribution in [1.29, 1.82) is 0 Å². The minimum absolute atomic E-state index is 0.130. The molecule has 1 N–H and O–H groups in total. The average molecular weight is 300 g/mol. The first-order valence-electron chi connectivity index (χ1n) is 7.16. The van der Waals surface area contributed by atoms with E-state index in [1.807, 2.05) is 0 Å². The third kappa shape index (κ3) is 2.86. The molecular formula is C16H16N2O4. The van der Waals surface area contributed by atoms with Crippen LogP contribution in [0.1, 0.15) is 23.2 Å². The highest BCUT2D eigenvalue weighted by molar-refractivity contribution is 5.95. The van der Waals surface area contributed by atoms with E-state index in [4.69, 9.17) is 9.52 Å². The molecule has 0 bridgehead atoms. The third-order valence-corrected chi connectivity index (χ3v) is 3.91. The van der Waals surface area contributed by atoms with E-state index in [2.05, 4.69) is 4.98 Å². The Labute approximate surface area is 127 Å². The van der Waals surface area contributed by atoms with Gasteiger partial charge in [0, 0.05) is 24.2 Å². The van der Waals surface area contributed by atoms with Crippen LogP contribution in [0.15, 0.2) is 41.3 Å². The number of piperidine rings is 1. The molecule has 3 rings (SSSR count). The molecule has 1 aliphatic heterocycles. The molecule has 0 spiro atoms. The van der Waals surface area contributed by atoms with Crippen molar-refractivity contribution in [2.24, 2.45) is 5.92 Å². The van der Waals surface area contributed by atoms with Gasteiger partial charge in [-0.25, -0.2) is 4.98 Å². The van der Waals surface area contributed by atoms with Gasteiger partial charge in [-0.05, 0) is 25.0 Å². The summed E-state index contributed by atoms with van der Waals surface area (Å²) in [4.78, 5) is 29.0. The summed E-state index contributed by atoms with van der Waals surface area (Å²) < 4.78 is 5.20. The zero-order chi connectivity index (χ0) is 15.5. The molecule has 2 heterocycles. The first-order valence-corrected chi connectivity index (χ1v) is 7.16. The number of carbonyl (C=O) groups excluding carboxylic acids is 1. The highest BCUT2D eigenvalue weighted by Crippen LogP contribution is 2.22. The van der Waals surface area contributed by atoms with Gasteiger partial charge in [-0.1, -0.05) is 12.1 Å². The normalized spacial score (nSPS) is 18.2. The summed E-state index contributed by atoms with van der Waals surface area (Å²) in [5, 5.41) is 9.10. The lowest BCUT2D eigenvalue weighted by molar-refractivity contribution is -0.143. The fourth-order valence-electron chi connectivity index (χ4n) is 2.68. The van der Waals surface area contributed by atoms with Gasteiger partial charge in [0.2, 0.25) is 0 Å². The van der Waals surface area contributed by atoms with Crippen LogP contribution in [-0.4, -0.2) is 40.0 Å². The summed E-state index contributed by atoms with van der Waals surface area (Å²) in [5.74, 6) is -0.790. The van der Waals surface area contributed by atoms with Crippen LogP contribution in [0, 0.1) is 5.92 Å².